The van der Waals surface area contributed by atoms with Crippen LogP contribution in [0.25, 0.3) is 0 Å². The maximum absolute atomic E-state index is 11.8. The van der Waals surface area contributed by atoms with Crippen molar-refractivity contribution in [3.63, 3.8) is 0 Å². The van der Waals surface area contributed by atoms with E-state index in [0.717, 1.165) is 0 Å². The van der Waals surface area contributed by atoms with Crippen LogP contribution >= 0.6 is 0 Å². The number of rotatable bonds is 6. The molecule has 1 amide bonds. The molecular formula is C11H20N2O3. The van der Waals surface area contributed by atoms with Crippen molar-refractivity contribution in [2.45, 2.75) is 32.9 Å². The molecule has 5 heteroatoms. The van der Waals surface area contributed by atoms with Gasteiger partial charge in [0, 0.05) is 12.6 Å². The van der Waals surface area contributed by atoms with E-state index in [4.69, 9.17) is 10.5 Å². The van der Waals surface area contributed by atoms with Crippen LogP contribution in [0.4, 0.5) is 0 Å². The van der Waals surface area contributed by atoms with Crippen LogP contribution in [-0.2, 0) is 14.3 Å². The standard InChI is InChI=1S/C11H20N2O3/c1-5-7-13(8(3)4)10(14)9(12)11(15)16-6-2/h5,8-9H,1,6-7,12H2,2-4H3. The lowest BCUT2D eigenvalue weighted by atomic mass is 10.2. The van der Waals surface area contributed by atoms with E-state index in [1.807, 2.05) is 13.8 Å². The molecule has 0 bridgehead atoms. The summed E-state index contributed by atoms with van der Waals surface area (Å²) in [7, 11) is 0. The minimum Gasteiger partial charge on any atom is -0.464 e. The third kappa shape index (κ3) is 4.02. The fourth-order valence-corrected chi connectivity index (χ4v) is 1.21. The highest BCUT2D eigenvalue weighted by atomic mass is 16.5. The molecule has 0 aromatic heterocycles. The molecule has 0 spiro atoms. The number of hydrogen-bond donors (Lipinski definition) is 1. The molecule has 0 aliphatic carbocycles. The van der Waals surface area contributed by atoms with Crippen LogP contribution in [0.5, 0.6) is 0 Å². The third-order valence-electron chi connectivity index (χ3n) is 2.04. The summed E-state index contributed by atoms with van der Waals surface area (Å²) in [4.78, 5) is 24.6. The van der Waals surface area contributed by atoms with Crippen LogP contribution < -0.4 is 5.73 Å². The predicted octanol–water partition coefficient (Wildman–Crippen LogP) is 0.300. The SMILES string of the molecule is C=CCN(C(=O)C(N)C(=O)OCC)C(C)C. The maximum Gasteiger partial charge on any atom is 0.332 e. The molecule has 92 valence electrons. The monoisotopic (exact) mass is 228 g/mol. The molecule has 16 heavy (non-hydrogen) atoms. The fourth-order valence-electron chi connectivity index (χ4n) is 1.21. The highest BCUT2D eigenvalue weighted by molar-refractivity contribution is 6.01. The molecule has 0 rings (SSSR count). The van der Waals surface area contributed by atoms with Crippen LogP contribution in [0.1, 0.15) is 20.8 Å². The van der Waals surface area contributed by atoms with Gasteiger partial charge in [-0.2, -0.15) is 0 Å². The molecule has 0 aliphatic heterocycles. The minimum atomic E-state index is -1.25. The Morgan fingerprint density at radius 3 is 2.44 bits per heavy atom. The van der Waals surface area contributed by atoms with Gasteiger partial charge in [-0.05, 0) is 20.8 Å². The molecule has 0 heterocycles. The Morgan fingerprint density at radius 2 is 2.06 bits per heavy atom. The highest BCUT2D eigenvalue weighted by Gasteiger charge is 2.28. The second-order valence-electron chi connectivity index (χ2n) is 3.60. The van der Waals surface area contributed by atoms with Gasteiger partial charge in [-0.1, -0.05) is 6.08 Å². The fraction of sp³-hybridized carbons (Fsp3) is 0.636. The normalized spacial score (nSPS) is 12.1. The first-order valence-corrected chi connectivity index (χ1v) is 5.29. The largest absolute Gasteiger partial charge is 0.464 e. The number of hydrogen-bond acceptors (Lipinski definition) is 4. The van der Waals surface area contributed by atoms with Crippen molar-refractivity contribution in [3.05, 3.63) is 12.7 Å². The Balaban J connectivity index is 4.60. The number of nitrogens with zero attached hydrogens (tertiary/aromatic N) is 1. The summed E-state index contributed by atoms with van der Waals surface area (Å²) in [5.41, 5.74) is 5.52. The van der Waals surface area contributed by atoms with Crippen molar-refractivity contribution in [2.24, 2.45) is 5.73 Å². The van der Waals surface area contributed by atoms with E-state index in [2.05, 4.69) is 6.58 Å². The predicted molar refractivity (Wildman–Crippen MR) is 61.7 cm³/mol. The van der Waals surface area contributed by atoms with Gasteiger partial charge in [-0.15, -0.1) is 6.58 Å². The van der Waals surface area contributed by atoms with Crippen molar-refractivity contribution in [3.8, 4) is 0 Å². The van der Waals surface area contributed by atoms with Crippen LogP contribution in [0.15, 0.2) is 12.7 Å². The zero-order valence-corrected chi connectivity index (χ0v) is 10.1. The summed E-state index contributed by atoms with van der Waals surface area (Å²) in [6.07, 6.45) is 1.59. The Morgan fingerprint density at radius 1 is 1.50 bits per heavy atom. The van der Waals surface area contributed by atoms with Gasteiger partial charge in [-0.3, -0.25) is 4.79 Å². The maximum atomic E-state index is 11.8. The number of carbonyl (C=O) groups is 2. The van der Waals surface area contributed by atoms with Gasteiger partial charge in [0.05, 0.1) is 6.61 Å². The van der Waals surface area contributed by atoms with Gasteiger partial charge in [0.1, 0.15) is 0 Å². The van der Waals surface area contributed by atoms with E-state index < -0.39 is 17.9 Å². The van der Waals surface area contributed by atoms with Crippen molar-refractivity contribution in [1.82, 2.24) is 4.90 Å². The Kier molecular flexibility index (Phi) is 6.41. The summed E-state index contributed by atoms with van der Waals surface area (Å²) in [5.74, 6) is -1.13. The number of ether oxygens (including phenoxy) is 1. The molecule has 0 fully saturated rings. The lowest BCUT2D eigenvalue weighted by molar-refractivity contribution is -0.151. The quantitative estimate of drug-likeness (QED) is 0.403. The lowest BCUT2D eigenvalue weighted by Crippen LogP contribution is -2.51. The van der Waals surface area contributed by atoms with E-state index in [-0.39, 0.29) is 12.6 Å². The van der Waals surface area contributed by atoms with E-state index in [1.165, 1.54) is 4.90 Å². The molecule has 1 unspecified atom stereocenters. The van der Waals surface area contributed by atoms with E-state index in [1.54, 1.807) is 13.0 Å². The lowest BCUT2D eigenvalue weighted by Gasteiger charge is -2.27. The highest BCUT2D eigenvalue weighted by Crippen LogP contribution is 2.02. The summed E-state index contributed by atoms with van der Waals surface area (Å²) < 4.78 is 4.70. The molecular weight excluding hydrogens is 208 g/mol. The molecule has 0 aromatic rings. The third-order valence-corrected chi connectivity index (χ3v) is 2.04. The van der Waals surface area contributed by atoms with Crippen molar-refractivity contribution < 1.29 is 14.3 Å². The van der Waals surface area contributed by atoms with Crippen LogP contribution in [0.3, 0.4) is 0 Å². The van der Waals surface area contributed by atoms with Crippen molar-refractivity contribution >= 4 is 11.9 Å². The van der Waals surface area contributed by atoms with Crippen molar-refractivity contribution in [2.75, 3.05) is 13.2 Å². The molecule has 0 radical (unpaired) electrons. The van der Waals surface area contributed by atoms with Gasteiger partial charge in [0.25, 0.3) is 5.91 Å². The van der Waals surface area contributed by atoms with Gasteiger partial charge >= 0.3 is 5.97 Å². The van der Waals surface area contributed by atoms with E-state index >= 15 is 0 Å². The van der Waals surface area contributed by atoms with E-state index in [0.29, 0.717) is 6.54 Å². The molecule has 0 saturated heterocycles. The first-order valence-electron chi connectivity index (χ1n) is 5.29. The number of carbonyl (C=O) groups excluding carboxylic acids is 2. The molecule has 0 aromatic carbocycles. The second-order valence-corrected chi connectivity index (χ2v) is 3.60. The molecule has 0 saturated carbocycles. The number of amides is 1. The minimum absolute atomic E-state index is 0.0361. The second kappa shape index (κ2) is 7.00. The summed E-state index contributed by atoms with van der Waals surface area (Å²) in [6.45, 7) is 9.49. The van der Waals surface area contributed by atoms with Crippen LogP contribution in [-0.4, -0.2) is 42.0 Å². The van der Waals surface area contributed by atoms with Gasteiger partial charge < -0.3 is 15.4 Å². The zero-order chi connectivity index (χ0) is 12.7. The summed E-state index contributed by atoms with van der Waals surface area (Å²) in [5, 5.41) is 0. The Hall–Kier alpha value is -1.36. The molecule has 1 atom stereocenters. The average molecular weight is 228 g/mol. The zero-order valence-electron chi connectivity index (χ0n) is 10.1. The molecule has 2 N–H and O–H groups in total. The van der Waals surface area contributed by atoms with Gasteiger partial charge in [-0.25, -0.2) is 4.79 Å². The Labute approximate surface area is 96.2 Å². The van der Waals surface area contributed by atoms with Crippen LogP contribution in [0, 0.1) is 0 Å². The van der Waals surface area contributed by atoms with Crippen molar-refractivity contribution in [1.29, 1.82) is 0 Å². The molecule has 0 aliphatic rings. The first kappa shape index (κ1) is 14.6. The summed E-state index contributed by atoms with van der Waals surface area (Å²) >= 11 is 0. The van der Waals surface area contributed by atoms with Gasteiger partial charge in [0.15, 0.2) is 6.04 Å². The Bertz CT molecular complexity index is 264. The van der Waals surface area contributed by atoms with Gasteiger partial charge in [0.2, 0.25) is 0 Å². The van der Waals surface area contributed by atoms with E-state index in [9.17, 15) is 9.59 Å². The van der Waals surface area contributed by atoms with Crippen LogP contribution in [0.2, 0.25) is 0 Å². The average Bonchev–Trinajstić information content (AvgIpc) is 2.23. The number of esters is 1. The molecule has 5 nitrogen and oxygen atoms in total. The first-order chi connectivity index (χ1) is 7.45. The smallest absolute Gasteiger partial charge is 0.332 e. The summed E-state index contributed by atoms with van der Waals surface area (Å²) in [6, 6.07) is -1.28. The number of nitrogens with two attached hydrogens (primary N) is 1. The topological polar surface area (TPSA) is 72.6 Å².